The van der Waals surface area contributed by atoms with Crippen LogP contribution in [0.25, 0.3) is 10.9 Å². The van der Waals surface area contributed by atoms with E-state index in [4.69, 9.17) is 0 Å². The van der Waals surface area contributed by atoms with Gasteiger partial charge in [-0.05, 0) is 50.2 Å². The number of aromatic amines is 1. The molecule has 0 unspecified atom stereocenters. The summed E-state index contributed by atoms with van der Waals surface area (Å²) in [4.78, 5) is 16.7. The highest BCUT2D eigenvalue weighted by Gasteiger charge is 2.07. The molecule has 0 bridgehead atoms. The van der Waals surface area contributed by atoms with Crippen LogP contribution in [0.4, 0.5) is 0 Å². The second kappa shape index (κ2) is 6.57. The second-order valence-corrected chi connectivity index (χ2v) is 5.32. The van der Waals surface area contributed by atoms with Gasteiger partial charge >= 0.3 is 5.97 Å². The molecule has 20 heavy (non-hydrogen) atoms. The number of esters is 1. The Kier molecular flexibility index (Phi) is 4.79. The first-order valence-electron chi connectivity index (χ1n) is 6.90. The molecule has 0 saturated carbocycles. The number of rotatable bonds is 6. The normalized spacial score (nSPS) is 11.2. The Morgan fingerprint density at radius 1 is 1.30 bits per heavy atom. The molecule has 0 spiro atoms. The highest BCUT2D eigenvalue weighted by atomic mass is 16.5. The van der Waals surface area contributed by atoms with Crippen molar-refractivity contribution in [3.63, 3.8) is 0 Å². The minimum Gasteiger partial charge on any atom is -0.469 e. The Morgan fingerprint density at radius 2 is 2.10 bits per heavy atom. The minimum atomic E-state index is -0.160. The van der Waals surface area contributed by atoms with Crippen molar-refractivity contribution in [2.75, 3.05) is 27.7 Å². The van der Waals surface area contributed by atoms with E-state index in [1.807, 2.05) is 0 Å². The van der Waals surface area contributed by atoms with Crippen molar-refractivity contribution in [2.45, 2.75) is 19.3 Å². The summed E-state index contributed by atoms with van der Waals surface area (Å²) in [6.07, 6.45) is 4.26. The van der Waals surface area contributed by atoms with Gasteiger partial charge in [-0.25, -0.2) is 0 Å². The zero-order valence-electron chi connectivity index (χ0n) is 12.4. The Morgan fingerprint density at radius 3 is 2.80 bits per heavy atom. The van der Waals surface area contributed by atoms with E-state index in [1.165, 1.54) is 23.6 Å². The number of carbonyl (C=O) groups excluding carboxylic acids is 1. The van der Waals surface area contributed by atoms with Crippen LogP contribution in [0.3, 0.4) is 0 Å². The quantitative estimate of drug-likeness (QED) is 0.823. The minimum absolute atomic E-state index is 0.160. The molecular weight excluding hydrogens is 252 g/mol. The topological polar surface area (TPSA) is 45.3 Å². The van der Waals surface area contributed by atoms with Crippen LogP contribution < -0.4 is 0 Å². The van der Waals surface area contributed by atoms with Gasteiger partial charge in [0.15, 0.2) is 0 Å². The first-order valence-corrected chi connectivity index (χ1v) is 6.90. The molecule has 1 aromatic heterocycles. The molecule has 4 nitrogen and oxygen atoms in total. The molecule has 2 rings (SSSR count). The Balaban J connectivity index is 2.14. The predicted octanol–water partition coefficient (Wildman–Crippen LogP) is 2.38. The van der Waals surface area contributed by atoms with E-state index in [-0.39, 0.29) is 5.97 Å². The molecule has 1 heterocycles. The van der Waals surface area contributed by atoms with Crippen LogP contribution in [-0.2, 0) is 22.4 Å². The molecule has 0 saturated heterocycles. The predicted molar refractivity (Wildman–Crippen MR) is 80.9 cm³/mol. The second-order valence-electron chi connectivity index (χ2n) is 5.32. The van der Waals surface area contributed by atoms with E-state index in [1.54, 1.807) is 0 Å². The Labute approximate surface area is 119 Å². The smallest absolute Gasteiger partial charge is 0.305 e. The fourth-order valence-corrected chi connectivity index (χ4v) is 2.28. The van der Waals surface area contributed by atoms with Crippen molar-refractivity contribution in [3.8, 4) is 0 Å². The summed E-state index contributed by atoms with van der Waals surface area (Å²) >= 11 is 0. The maximum Gasteiger partial charge on any atom is 0.305 e. The van der Waals surface area contributed by atoms with Crippen LogP contribution in [0.15, 0.2) is 24.4 Å². The van der Waals surface area contributed by atoms with Gasteiger partial charge in [-0.2, -0.15) is 0 Å². The highest BCUT2D eigenvalue weighted by molar-refractivity contribution is 5.84. The third kappa shape index (κ3) is 3.61. The van der Waals surface area contributed by atoms with Crippen LogP contribution in [0.2, 0.25) is 0 Å². The number of ether oxygens (including phenoxy) is 1. The number of H-pyrrole nitrogens is 1. The molecule has 1 aromatic carbocycles. The lowest BCUT2D eigenvalue weighted by molar-refractivity contribution is -0.140. The van der Waals surface area contributed by atoms with Crippen LogP contribution in [0.1, 0.15) is 17.5 Å². The van der Waals surface area contributed by atoms with Crippen LogP contribution >= 0.6 is 0 Å². The van der Waals surface area contributed by atoms with Crippen LogP contribution in [-0.4, -0.2) is 43.6 Å². The maximum atomic E-state index is 11.2. The summed E-state index contributed by atoms with van der Waals surface area (Å²) < 4.78 is 4.68. The van der Waals surface area contributed by atoms with Gasteiger partial charge in [-0.15, -0.1) is 0 Å². The largest absolute Gasteiger partial charge is 0.469 e. The summed E-state index contributed by atoms with van der Waals surface area (Å²) in [5.74, 6) is -0.160. The van der Waals surface area contributed by atoms with Crippen LogP contribution in [0, 0.1) is 0 Å². The number of aryl methyl sites for hydroxylation is 1. The van der Waals surface area contributed by atoms with Crippen molar-refractivity contribution in [3.05, 3.63) is 35.5 Å². The molecule has 0 fully saturated rings. The zero-order chi connectivity index (χ0) is 14.5. The number of hydrogen-bond acceptors (Lipinski definition) is 3. The number of methoxy groups -OCH3 is 1. The van der Waals surface area contributed by atoms with Gasteiger partial charge in [0.05, 0.1) is 7.11 Å². The summed E-state index contributed by atoms with van der Waals surface area (Å²) in [7, 11) is 5.59. The van der Waals surface area contributed by atoms with Gasteiger partial charge in [-0.1, -0.05) is 6.07 Å². The number of benzene rings is 1. The Hall–Kier alpha value is -1.81. The summed E-state index contributed by atoms with van der Waals surface area (Å²) in [6, 6.07) is 6.33. The fraction of sp³-hybridized carbons (Fsp3) is 0.438. The lowest BCUT2D eigenvalue weighted by Crippen LogP contribution is -2.14. The molecule has 0 aliphatic carbocycles. The molecule has 2 aromatic rings. The number of carbonyl (C=O) groups is 1. The first kappa shape index (κ1) is 14.6. The molecule has 4 heteroatoms. The SMILES string of the molecule is COC(=O)CCc1ccc2[nH]cc(CCN(C)C)c2c1. The zero-order valence-corrected chi connectivity index (χ0v) is 12.4. The van der Waals surface area contributed by atoms with E-state index in [0.29, 0.717) is 6.42 Å². The molecule has 0 atom stereocenters. The molecule has 0 amide bonds. The van der Waals surface area contributed by atoms with E-state index >= 15 is 0 Å². The number of fused-ring (bicyclic) bond motifs is 1. The van der Waals surface area contributed by atoms with Gasteiger partial charge < -0.3 is 14.6 Å². The van der Waals surface area contributed by atoms with Crippen molar-refractivity contribution >= 4 is 16.9 Å². The number of likely N-dealkylation sites (N-methyl/N-ethyl adjacent to an activating group) is 1. The summed E-state index contributed by atoms with van der Waals surface area (Å²) in [5, 5.41) is 1.26. The molecule has 0 radical (unpaired) electrons. The van der Waals surface area contributed by atoms with Gasteiger partial charge in [0, 0.05) is 30.1 Å². The highest BCUT2D eigenvalue weighted by Crippen LogP contribution is 2.21. The Bertz CT molecular complexity index is 587. The van der Waals surface area contributed by atoms with E-state index < -0.39 is 0 Å². The van der Waals surface area contributed by atoms with Gasteiger partial charge in [-0.3, -0.25) is 4.79 Å². The number of nitrogens with zero attached hydrogens (tertiary/aromatic N) is 1. The average Bonchev–Trinajstić information content (AvgIpc) is 2.84. The van der Waals surface area contributed by atoms with Crippen LogP contribution in [0.5, 0.6) is 0 Å². The third-order valence-electron chi connectivity index (χ3n) is 3.51. The van der Waals surface area contributed by atoms with Crippen molar-refractivity contribution in [1.82, 2.24) is 9.88 Å². The molecule has 0 aliphatic heterocycles. The van der Waals surface area contributed by atoms with Gasteiger partial charge in [0.1, 0.15) is 0 Å². The number of hydrogen-bond donors (Lipinski definition) is 1. The number of nitrogens with one attached hydrogen (secondary N) is 1. The first-order chi connectivity index (χ1) is 9.60. The lowest BCUT2D eigenvalue weighted by Gasteiger charge is -2.08. The monoisotopic (exact) mass is 274 g/mol. The lowest BCUT2D eigenvalue weighted by atomic mass is 10.0. The van der Waals surface area contributed by atoms with Crippen molar-refractivity contribution in [1.29, 1.82) is 0 Å². The van der Waals surface area contributed by atoms with Gasteiger partial charge in [0.25, 0.3) is 0 Å². The van der Waals surface area contributed by atoms with E-state index in [0.717, 1.165) is 24.9 Å². The molecule has 1 N–H and O–H groups in total. The van der Waals surface area contributed by atoms with Gasteiger partial charge in [0.2, 0.25) is 0 Å². The molecule has 108 valence electrons. The molecule has 0 aliphatic rings. The van der Waals surface area contributed by atoms with Crippen molar-refractivity contribution < 1.29 is 9.53 Å². The summed E-state index contributed by atoms with van der Waals surface area (Å²) in [5.41, 5.74) is 3.66. The molecular formula is C16H22N2O2. The van der Waals surface area contributed by atoms with E-state index in [2.05, 4.69) is 53.1 Å². The van der Waals surface area contributed by atoms with Crippen molar-refractivity contribution in [2.24, 2.45) is 0 Å². The third-order valence-corrected chi connectivity index (χ3v) is 3.51. The maximum absolute atomic E-state index is 11.2. The summed E-state index contributed by atoms with van der Waals surface area (Å²) in [6.45, 7) is 1.03. The average molecular weight is 274 g/mol. The standard InChI is InChI=1S/C16H22N2O2/c1-18(2)9-8-13-11-17-15-6-4-12(10-14(13)15)5-7-16(19)20-3/h4,6,10-11,17H,5,7-9H2,1-3H3. The van der Waals surface area contributed by atoms with E-state index in [9.17, 15) is 4.79 Å². The number of aromatic nitrogens is 1. The fourth-order valence-electron chi connectivity index (χ4n) is 2.28.